The van der Waals surface area contributed by atoms with Gasteiger partial charge in [0.1, 0.15) is 5.65 Å². The lowest BCUT2D eigenvalue weighted by Crippen LogP contribution is -2.11. The quantitative estimate of drug-likeness (QED) is 0.476. The summed E-state index contributed by atoms with van der Waals surface area (Å²) in [6.07, 6.45) is 3.96. The lowest BCUT2D eigenvalue weighted by atomic mass is 9.87. The van der Waals surface area contributed by atoms with Gasteiger partial charge in [0.15, 0.2) is 0 Å². The van der Waals surface area contributed by atoms with Gasteiger partial charge in [-0.3, -0.25) is 0 Å². The summed E-state index contributed by atoms with van der Waals surface area (Å²) in [6.45, 7) is 12.8. The summed E-state index contributed by atoms with van der Waals surface area (Å²) in [6, 6.07) is 10.5. The molecule has 3 aromatic heterocycles. The zero-order valence-electron chi connectivity index (χ0n) is 17.3. The van der Waals surface area contributed by atoms with Crippen LogP contribution >= 0.6 is 0 Å². The molecule has 0 saturated heterocycles. The normalized spacial score (nSPS) is 12.6. The molecular weight excluding hydrogens is 348 g/mol. The van der Waals surface area contributed by atoms with Crippen LogP contribution in [-0.4, -0.2) is 20.1 Å². The minimum Gasteiger partial charge on any atom is -0.346 e. The molecule has 5 nitrogen and oxygen atoms in total. The van der Waals surface area contributed by atoms with Crippen LogP contribution in [0, 0.1) is 0 Å². The number of fused-ring (bicyclic) bond motifs is 1. The number of aromatic amines is 1. The van der Waals surface area contributed by atoms with Crippen LogP contribution in [0.4, 0.5) is 0 Å². The Kier molecular flexibility index (Phi) is 4.14. The first kappa shape index (κ1) is 18.4. The molecule has 3 heterocycles. The highest BCUT2D eigenvalue weighted by Crippen LogP contribution is 2.33. The Hall–Kier alpha value is -2.95. The third kappa shape index (κ3) is 3.33. The molecule has 0 atom stereocenters. The molecule has 4 aromatic rings. The highest BCUT2D eigenvalue weighted by molar-refractivity contribution is 5.94. The second kappa shape index (κ2) is 6.30. The summed E-state index contributed by atoms with van der Waals surface area (Å²) in [5, 5.41) is 5.30. The number of nitrogens with zero attached hydrogens (tertiary/aromatic N) is 3. The Bertz CT molecular complexity index is 1140. The second-order valence-corrected chi connectivity index (χ2v) is 9.33. The summed E-state index contributed by atoms with van der Waals surface area (Å²) in [5.74, 6) is 1.25. The molecule has 0 aliphatic rings. The lowest BCUT2D eigenvalue weighted by Gasteiger charge is -2.18. The van der Waals surface area contributed by atoms with E-state index in [0.717, 1.165) is 27.7 Å². The first-order chi connectivity index (χ1) is 13.1. The summed E-state index contributed by atoms with van der Waals surface area (Å²) in [7, 11) is 0. The van der Waals surface area contributed by atoms with Crippen molar-refractivity contribution in [3.63, 3.8) is 0 Å². The topological polar surface area (TPSA) is 67.6 Å². The molecule has 1 N–H and O–H groups in total. The molecule has 144 valence electrons. The first-order valence-corrected chi connectivity index (χ1v) is 9.55. The third-order valence-corrected chi connectivity index (χ3v) is 4.90. The number of benzene rings is 1. The van der Waals surface area contributed by atoms with E-state index in [0.29, 0.717) is 11.7 Å². The van der Waals surface area contributed by atoms with Crippen LogP contribution < -0.4 is 0 Å². The number of hydrogen-bond acceptors (Lipinski definition) is 4. The van der Waals surface area contributed by atoms with Crippen molar-refractivity contribution >= 4 is 11.0 Å². The molecule has 4 rings (SSSR count). The number of rotatable bonds is 2. The Morgan fingerprint density at radius 2 is 1.68 bits per heavy atom. The Morgan fingerprint density at radius 1 is 0.929 bits per heavy atom. The fraction of sp³-hybridized carbons (Fsp3) is 0.348. The van der Waals surface area contributed by atoms with Gasteiger partial charge in [-0.05, 0) is 28.7 Å². The molecule has 1 aromatic carbocycles. The van der Waals surface area contributed by atoms with Crippen LogP contribution in [0.1, 0.15) is 53.0 Å². The van der Waals surface area contributed by atoms with Crippen molar-refractivity contribution in [2.75, 3.05) is 0 Å². The number of aromatic nitrogens is 4. The van der Waals surface area contributed by atoms with Crippen molar-refractivity contribution in [3.05, 3.63) is 54.2 Å². The number of pyridine rings is 1. The van der Waals surface area contributed by atoms with Crippen LogP contribution in [0.3, 0.4) is 0 Å². The van der Waals surface area contributed by atoms with E-state index in [9.17, 15) is 0 Å². The summed E-state index contributed by atoms with van der Waals surface area (Å²) < 4.78 is 5.46. The van der Waals surface area contributed by atoms with E-state index in [-0.39, 0.29) is 10.8 Å². The fourth-order valence-corrected chi connectivity index (χ4v) is 3.12. The fourth-order valence-electron chi connectivity index (χ4n) is 3.12. The van der Waals surface area contributed by atoms with Crippen molar-refractivity contribution in [2.45, 2.75) is 52.4 Å². The SMILES string of the molecule is CC(C)(C)c1cnc2[nH]cc(-c3cccc(-c4noc(C(C)(C)C)n4)c3)c2c1. The van der Waals surface area contributed by atoms with Crippen molar-refractivity contribution in [2.24, 2.45) is 0 Å². The maximum Gasteiger partial charge on any atom is 0.232 e. The van der Waals surface area contributed by atoms with E-state index in [1.807, 2.05) is 24.5 Å². The molecule has 5 heteroatoms. The molecule has 28 heavy (non-hydrogen) atoms. The van der Waals surface area contributed by atoms with Crippen LogP contribution in [0.25, 0.3) is 33.5 Å². The van der Waals surface area contributed by atoms with Gasteiger partial charge in [-0.1, -0.05) is 64.9 Å². The molecule has 0 spiro atoms. The third-order valence-electron chi connectivity index (χ3n) is 4.90. The smallest absolute Gasteiger partial charge is 0.232 e. The summed E-state index contributed by atoms with van der Waals surface area (Å²) >= 11 is 0. The van der Waals surface area contributed by atoms with Gasteiger partial charge in [-0.15, -0.1) is 0 Å². The zero-order valence-corrected chi connectivity index (χ0v) is 17.3. The van der Waals surface area contributed by atoms with Gasteiger partial charge in [0, 0.05) is 34.3 Å². The van der Waals surface area contributed by atoms with Gasteiger partial charge in [0.25, 0.3) is 0 Å². The van der Waals surface area contributed by atoms with Crippen LogP contribution in [-0.2, 0) is 10.8 Å². The predicted octanol–water partition coefficient (Wildman–Crippen LogP) is 5.87. The molecule has 0 radical (unpaired) electrons. The van der Waals surface area contributed by atoms with Gasteiger partial charge in [0.05, 0.1) is 0 Å². The van der Waals surface area contributed by atoms with E-state index in [1.54, 1.807) is 0 Å². The van der Waals surface area contributed by atoms with Gasteiger partial charge < -0.3 is 9.51 Å². The second-order valence-electron chi connectivity index (χ2n) is 9.33. The predicted molar refractivity (Wildman–Crippen MR) is 112 cm³/mol. The maximum absolute atomic E-state index is 5.46. The number of hydrogen-bond donors (Lipinski definition) is 1. The van der Waals surface area contributed by atoms with E-state index >= 15 is 0 Å². The molecule has 0 amide bonds. The minimum absolute atomic E-state index is 0.0472. The van der Waals surface area contributed by atoms with E-state index in [4.69, 9.17) is 4.52 Å². The molecule has 0 bridgehead atoms. The number of H-pyrrole nitrogens is 1. The van der Waals surface area contributed by atoms with Gasteiger partial charge in [-0.2, -0.15) is 4.98 Å². The monoisotopic (exact) mass is 374 g/mol. The Morgan fingerprint density at radius 3 is 2.36 bits per heavy atom. The molecule has 0 aliphatic heterocycles. The largest absolute Gasteiger partial charge is 0.346 e. The summed E-state index contributed by atoms with van der Waals surface area (Å²) in [4.78, 5) is 12.5. The Labute approximate surface area is 165 Å². The average molecular weight is 374 g/mol. The van der Waals surface area contributed by atoms with Crippen LogP contribution in [0.5, 0.6) is 0 Å². The van der Waals surface area contributed by atoms with Crippen LogP contribution in [0.15, 0.2) is 47.2 Å². The van der Waals surface area contributed by atoms with Crippen molar-refractivity contribution < 1.29 is 4.52 Å². The standard InChI is InChI=1S/C23H26N4O/c1-22(2,3)16-11-17-18(13-25-20(17)24-12-16)14-8-7-9-15(10-14)19-26-21(28-27-19)23(4,5)6/h7-13H,1-6H3,(H,24,25). The highest BCUT2D eigenvalue weighted by atomic mass is 16.5. The average Bonchev–Trinajstić information content (AvgIpc) is 3.27. The maximum atomic E-state index is 5.46. The highest BCUT2D eigenvalue weighted by Gasteiger charge is 2.22. The van der Waals surface area contributed by atoms with E-state index in [1.165, 1.54) is 5.56 Å². The van der Waals surface area contributed by atoms with Gasteiger partial charge in [-0.25, -0.2) is 4.98 Å². The Balaban J connectivity index is 1.79. The van der Waals surface area contributed by atoms with E-state index in [2.05, 4.69) is 79.9 Å². The lowest BCUT2D eigenvalue weighted by molar-refractivity contribution is 0.321. The first-order valence-electron chi connectivity index (χ1n) is 9.55. The minimum atomic E-state index is -0.172. The summed E-state index contributed by atoms with van der Waals surface area (Å²) in [5.41, 5.74) is 5.13. The molecule has 0 unspecified atom stereocenters. The van der Waals surface area contributed by atoms with Gasteiger partial charge in [0.2, 0.25) is 11.7 Å². The van der Waals surface area contributed by atoms with Crippen molar-refractivity contribution in [1.29, 1.82) is 0 Å². The molecular formula is C23H26N4O. The molecule has 0 aliphatic carbocycles. The van der Waals surface area contributed by atoms with E-state index < -0.39 is 0 Å². The van der Waals surface area contributed by atoms with Crippen molar-refractivity contribution in [3.8, 4) is 22.5 Å². The molecule has 0 fully saturated rings. The van der Waals surface area contributed by atoms with Crippen LogP contribution in [0.2, 0.25) is 0 Å². The van der Waals surface area contributed by atoms with Crippen molar-refractivity contribution in [1.82, 2.24) is 20.1 Å². The zero-order chi connectivity index (χ0) is 20.1. The number of nitrogens with one attached hydrogen (secondary N) is 1. The molecule has 0 saturated carbocycles. The van der Waals surface area contributed by atoms with Gasteiger partial charge >= 0.3 is 0 Å².